The van der Waals surface area contributed by atoms with E-state index in [1.54, 1.807) is 17.4 Å². The molecule has 1 nitrogen and oxygen atoms in total. The zero-order chi connectivity index (χ0) is 9.14. The Hall–Kier alpha value is -0.890. The van der Waals surface area contributed by atoms with Crippen LogP contribution in [0.4, 0.5) is 0 Å². The van der Waals surface area contributed by atoms with Gasteiger partial charge in [-0.1, -0.05) is 27.0 Å². The smallest absolute Gasteiger partial charge is 0.0808 e. The Labute approximate surface area is 77.5 Å². The third-order valence-corrected chi connectivity index (χ3v) is 2.69. The van der Waals surface area contributed by atoms with Crippen LogP contribution in [-0.4, -0.2) is 4.98 Å². The summed E-state index contributed by atoms with van der Waals surface area (Å²) in [5, 5.41) is 0. The Bertz CT molecular complexity index is 297. The molecule has 1 aromatic heterocycles. The minimum atomic E-state index is 0.476. The molecule has 0 saturated heterocycles. The molecule has 0 radical (unpaired) electrons. The van der Waals surface area contributed by atoms with Crippen molar-refractivity contribution in [3.05, 3.63) is 29.2 Å². The number of hydrogen-bond donors (Lipinski definition) is 0. The second-order valence-electron chi connectivity index (χ2n) is 2.95. The Morgan fingerprint density at radius 3 is 2.83 bits per heavy atom. The molecule has 0 saturated carbocycles. The molecule has 0 spiro atoms. The van der Waals surface area contributed by atoms with Crippen LogP contribution in [0.15, 0.2) is 18.7 Å². The summed E-state index contributed by atoms with van der Waals surface area (Å²) in [4.78, 5) is 5.34. The Morgan fingerprint density at radius 1 is 1.67 bits per heavy atom. The first-order chi connectivity index (χ1) is 5.66. The molecule has 0 aliphatic heterocycles. The first kappa shape index (κ1) is 9.20. The molecule has 0 fully saturated rings. The van der Waals surface area contributed by atoms with Gasteiger partial charge in [0.25, 0.3) is 0 Å². The van der Waals surface area contributed by atoms with Crippen molar-refractivity contribution >= 4 is 23.0 Å². The van der Waals surface area contributed by atoms with E-state index in [0.717, 1.165) is 11.3 Å². The van der Waals surface area contributed by atoms with Crippen molar-refractivity contribution in [2.45, 2.75) is 13.8 Å². The van der Waals surface area contributed by atoms with Gasteiger partial charge in [-0.2, -0.15) is 0 Å². The summed E-state index contributed by atoms with van der Waals surface area (Å²) in [7, 11) is 0. The van der Waals surface area contributed by atoms with Gasteiger partial charge in [0.15, 0.2) is 0 Å². The molecule has 2 heteroatoms. The van der Waals surface area contributed by atoms with Gasteiger partial charge in [0.05, 0.1) is 16.1 Å². The van der Waals surface area contributed by atoms with Gasteiger partial charge in [0, 0.05) is 0 Å². The first-order valence-electron chi connectivity index (χ1n) is 3.92. The molecule has 0 atom stereocenters. The SMILES string of the molecule is C=Cc1ncsc1C(=C)C(C)C. The Morgan fingerprint density at radius 2 is 2.33 bits per heavy atom. The van der Waals surface area contributed by atoms with E-state index in [0.29, 0.717) is 5.92 Å². The molecule has 0 unspecified atom stereocenters. The summed E-state index contributed by atoms with van der Waals surface area (Å²) in [5.41, 5.74) is 3.94. The molecule has 1 heterocycles. The van der Waals surface area contributed by atoms with E-state index in [1.165, 1.54) is 4.88 Å². The number of rotatable bonds is 3. The maximum absolute atomic E-state index is 4.18. The monoisotopic (exact) mass is 179 g/mol. The molecule has 0 aliphatic rings. The number of thiazole rings is 1. The van der Waals surface area contributed by atoms with E-state index in [1.807, 2.05) is 5.51 Å². The molecule has 12 heavy (non-hydrogen) atoms. The zero-order valence-electron chi connectivity index (χ0n) is 7.50. The average Bonchev–Trinajstić information content (AvgIpc) is 2.49. The highest BCUT2D eigenvalue weighted by atomic mass is 32.1. The van der Waals surface area contributed by atoms with Gasteiger partial charge in [-0.25, -0.2) is 4.98 Å². The lowest BCUT2D eigenvalue weighted by atomic mass is 10.0. The van der Waals surface area contributed by atoms with Gasteiger partial charge in [-0.05, 0) is 17.6 Å². The zero-order valence-corrected chi connectivity index (χ0v) is 8.32. The molecular weight excluding hydrogens is 166 g/mol. The molecule has 0 aromatic carbocycles. The first-order valence-corrected chi connectivity index (χ1v) is 4.80. The van der Waals surface area contributed by atoms with Crippen molar-refractivity contribution in [2.75, 3.05) is 0 Å². The van der Waals surface area contributed by atoms with Crippen LogP contribution < -0.4 is 0 Å². The van der Waals surface area contributed by atoms with Gasteiger partial charge in [-0.15, -0.1) is 11.3 Å². The number of nitrogens with zero attached hydrogens (tertiary/aromatic N) is 1. The molecule has 0 bridgehead atoms. The maximum atomic E-state index is 4.18. The van der Waals surface area contributed by atoms with E-state index in [-0.39, 0.29) is 0 Å². The van der Waals surface area contributed by atoms with Crippen LogP contribution in [0.5, 0.6) is 0 Å². The van der Waals surface area contributed by atoms with Crippen molar-refractivity contribution in [3.8, 4) is 0 Å². The largest absolute Gasteiger partial charge is 0.245 e. The van der Waals surface area contributed by atoms with Crippen molar-refractivity contribution in [3.63, 3.8) is 0 Å². The highest BCUT2D eigenvalue weighted by molar-refractivity contribution is 7.11. The predicted molar refractivity (Wildman–Crippen MR) is 56.1 cm³/mol. The predicted octanol–water partition coefficient (Wildman–Crippen LogP) is 3.46. The minimum Gasteiger partial charge on any atom is -0.245 e. The molecular formula is C10H13NS. The quantitative estimate of drug-likeness (QED) is 0.692. The lowest BCUT2D eigenvalue weighted by Crippen LogP contribution is -1.91. The summed E-state index contributed by atoms with van der Waals surface area (Å²) < 4.78 is 0. The van der Waals surface area contributed by atoms with Gasteiger partial charge in [-0.3, -0.25) is 0 Å². The van der Waals surface area contributed by atoms with E-state index in [2.05, 4.69) is 32.0 Å². The van der Waals surface area contributed by atoms with Crippen LogP contribution in [0.25, 0.3) is 11.6 Å². The van der Waals surface area contributed by atoms with Crippen molar-refractivity contribution in [1.29, 1.82) is 0 Å². The molecule has 64 valence electrons. The third kappa shape index (κ3) is 1.64. The normalized spacial score (nSPS) is 10.2. The van der Waals surface area contributed by atoms with Crippen LogP contribution in [0.1, 0.15) is 24.4 Å². The molecule has 1 rings (SSSR count). The molecule has 0 N–H and O–H groups in total. The number of allylic oxidation sites excluding steroid dienone is 1. The van der Waals surface area contributed by atoms with E-state index >= 15 is 0 Å². The van der Waals surface area contributed by atoms with Crippen molar-refractivity contribution < 1.29 is 0 Å². The van der Waals surface area contributed by atoms with Crippen LogP contribution in [0, 0.1) is 5.92 Å². The summed E-state index contributed by atoms with van der Waals surface area (Å²) in [6, 6.07) is 0. The second-order valence-corrected chi connectivity index (χ2v) is 3.81. The molecule has 0 amide bonds. The number of aromatic nitrogens is 1. The second kappa shape index (κ2) is 3.68. The van der Waals surface area contributed by atoms with Gasteiger partial charge in [0.1, 0.15) is 0 Å². The van der Waals surface area contributed by atoms with E-state index in [4.69, 9.17) is 0 Å². The lowest BCUT2D eigenvalue weighted by molar-refractivity contribution is 0.860. The topological polar surface area (TPSA) is 12.9 Å². The van der Waals surface area contributed by atoms with Gasteiger partial charge >= 0.3 is 0 Å². The summed E-state index contributed by atoms with van der Waals surface area (Å²) in [6.07, 6.45) is 1.78. The van der Waals surface area contributed by atoms with Gasteiger partial charge < -0.3 is 0 Å². The molecule has 0 aliphatic carbocycles. The fourth-order valence-corrected chi connectivity index (χ4v) is 1.82. The van der Waals surface area contributed by atoms with Crippen LogP contribution >= 0.6 is 11.3 Å². The Balaban J connectivity index is 3.01. The standard InChI is InChI=1S/C10H13NS/c1-5-9-10(12-6-11-9)8(4)7(2)3/h5-7H,1,4H2,2-3H3. The van der Waals surface area contributed by atoms with Crippen LogP contribution in [0.3, 0.4) is 0 Å². The lowest BCUT2D eigenvalue weighted by Gasteiger charge is -2.06. The summed E-state index contributed by atoms with van der Waals surface area (Å²) in [6.45, 7) is 12.0. The minimum absolute atomic E-state index is 0.476. The van der Waals surface area contributed by atoms with Crippen LogP contribution in [-0.2, 0) is 0 Å². The van der Waals surface area contributed by atoms with E-state index in [9.17, 15) is 0 Å². The Kier molecular flexibility index (Phi) is 2.82. The fraction of sp³-hybridized carbons (Fsp3) is 0.300. The van der Waals surface area contributed by atoms with E-state index < -0.39 is 0 Å². The van der Waals surface area contributed by atoms with Gasteiger partial charge in [0.2, 0.25) is 0 Å². The molecule has 1 aromatic rings. The highest BCUT2D eigenvalue weighted by Crippen LogP contribution is 2.27. The van der Waals surface area contributed by atoms with Crippen molar-refractivity contribution in [1.82, 2.24) is 4.98 Å². The highest BCUT2D eigenvalue weighted by Gasteiger charge is 2.09. The summed E-state index contributed by atoms with van der Waals surface area (Å²) >= 11 is 1.63. The fourth-order valence-electron chi connectivity index (χ4n) is 0.903. The van der Waals surface area contributed by atoms with Crippen molar-refractivity contribution in [2.24, 2.45) is 5.92 Å². The summed E-state index contributed by atoms with van der Waals surface area (Å²) in [5.74, 6) is 0.476. The van der Waals surface area contributed by atoms with Crippen LogP contribution in [0.2, 0.25) is 0 Å². The third-order valence-electron chi connectivity index (χ3n) is 1.78. The number of hydrogen-bond acceptors (Lipinski definition) is 2. The average molecular weight is 179 g/mol. The maximum Gasteiger partial charge on any atom is 0.0808 e.